The second-order valence-corrected chi connectivity index (χ2v) is 3.64. The summed E-state index contributed by atoms with van der Waals surface area (Å²) >= 11 is 0. The van der Waals surface area contributed by atoms with Crippen LogP contribution in [0.15, 0.2) is 0 Å². The molecule has 1 aromatic rings. The largest absolute Gasteiger partial charge is 0.385 e. The van der Waals surface area contributed by atoms with Crippen LogP contribution in [0.1, 0.15) is 12.6 Å². The fraction of sp³-hybridized carbons (Fsp3) is 0.667. The Hall–Kier alpha value is -1.77. The molecular weight excluding hydrogens is 250 g/mol. The standard InChI is InChI=1S/C9H14F2N4O3/c1-3-14-9(12-4-6(16)8(10)11)7(15(17)18)5(2)13-14/h6,8,12,16H,3-4H2,1-2H3. The van der Waals surface area contributed by atoms with Gasteiger partial charge in [-0.2, -0.15) is 5.10 Å². The minimum Gasteiger partial charge on any atom is -0.385 e. The Morgan fingerprint density at radius 3 is 2.67 bits per heavy atom. The van der Waals surface area contributed by atoms with Crippen molar-refractivity contribution in [2.45, 2.75) is 32.9 Å². The average molecular weight is 264 g/mol. The third-order valence-corrected chi connectivity index (χ3v) is 2.35. The van der Waals surface area contributed by atoms with Gasteiger partial charge in [0.15, 0.2) is 0 Å². The maximum absolute atomic E-state index is 12.1. The lowest BCUT2D eigenvalue weighted by Crippen LogP contribution is -2.27. The molecule has 7 nitrogen and oxygen atoms in total. The summed E-state index contributed by atoms with van der Waals surface area (Å²) in [5, 5.41) is 26.2. The van der Waals surface area contributed by atoms with Gasteiger partial charge in [-0.15, -0.1) is 0 Å². The zero-order valence-corrected chi connectivity index (χ0v) is 9.93. The fourth-order valence-corrected chi connectivity index (χ4v) is 1.48. The van der Waals surface area contributed by atoms with E-state index < -0.39 is 24.0 Å². The zero-order chi connectivity index (χ0) is 13.9. The molecule has 0 radical (unpaired) electrons. The van der Waals surface area contributed by atoms with Crippen LogP contribution in [0.4, 0.5) is 20.3 Å². The van der Waals surface area contributed by atoms with E-state index in [0.717, 1.165) is 0 Å². The lowest BCUT2D eigenvalue weighted by molar-refractivity contribution is -0.384. The van der Waals surface area contributed by atoms with Crippen molar-refractivity contribution in [3.05, 3.63) is 15.8 Å². The SMILES string of the molecule is CCn1nc(C)c([N+](=O)[O-])c1NCC(O)C(F)F. The Morgan fingerprint density at radius 1 is 1.61 bits per heavy atom. The molecule has 0 fully saturated rings. The van der Waals surface area contributed by atoms with E-state index in [4.69, 9.17) is 5.11 Å². The molecular formula is C9H14F2N4O3. The first-order chi connectivity index (χ1) is 8.38. The number of aliphatic hydroxyl groups excluding tert-OH is 1. The number of rotatable bonds is 6. The quantitative estimate of drug-likeness (QED) is 0.594. The van der Waals surface area contributed by atoms with E-state index in [-0.39, 0.29) is 17.2 Å². The van der Waals surface area contributed by atoms with E-state index >= 15 is 0 Å². The highest BCUT2D eigenvalue weighted by Crippen LogP contribution is 2.28. The van der Waals surface area contributed by atoms with Crippen molar-refractivity contribution in [3.8, 4) is 0 Å². The van der Waals surface area contributed by atoms with E-state index in [1.807, 2.05) is 0 Å². The molecule has 0 aliphatic rings. The molecule has 0 saturated heterocycles. The van der Waals surface area contributed by atoms with Gasteiger partial charge in [0.2, 0.25) is 5.82 Å². The van der Waals surface area contributed by atoms with Crippen LogP contribution in [0.3, 0.4) is 0 Å². The molecule has 1 rings (SSSR count). The number of aromatic nitrogens is 2. The first-order valence-electron chi connectivity index (χ1n) is 5.30. The van der Waals surface area contributed by atoms with Crippen LogP contribution in [0.25, 0.3) is 0 Å². The van der Waals surface area contributed by atoms with Crippen molar-refractivity contribution in [2.75, 3.05) is 11.9 Å². The normalized spacial score (nSPS) is 12.8. The summed E-state index contributed by atoms with van der Waals surface area (Å²) in [6.07, 6.45) is -4.79. The number of alkyl halides is 2. The van der Waals surface area contributed by atoms with Crippen LogP contribution >= 0.6 is 0 Å². The van der Waals surface area contributed by atoms with Gasteiger partial charge in [0.25, 0.3) is 6.43 Å². The number of anilines is 1. The molecule has 0 bridgehead atoms. The molecule has 0 amide bonds. The predicted octanol–water partition coefficient (Wildman–Crippen LogP) is 1.16. The second-order valence-electron chi connectivity index (χ2n) is 3.64. The van der Waals surface area contributed by atoms with Crippen LogP contribution in [0, 0.1) is 17.0 Å². The van der Waals surface area contributed by atoms with Gasteiger partial charge in [-0.1, -0.05) is 0 Å². The minimum absolute atomic E-state index is 0.0275. The molecule has 1 aromatic heterocycles. The number of hydrogen-bond acceptors (Lipinski definition) is 5. The molecule has 1 atom stereocenters. The Morgan fingerprint density at radius 2 is 2.22 bits per heavy atom. The van der Waals surface area contributed by atoms with Crippen LogP contribution in [-0.4, -0.2) is 38.9 Å². The average Bonchev–Trinajstić information content (AvgIpc) is 2.61. The zero-order valence-electron chi connectivity index (χ0n) is 9.93. The van der Waals surface area contributed by atoms with Crippen molar-refractivity contribution in [3.63, 3.8) is 0 Å². The van der Waals surface area contributed by atoms with Crippen molar-refractivity contribution in [2.24, 2.45) is 0 Å². The lowest BCUT2D eigenvalue weighted by Gasteiger charge is -2.11. The second kappa shape index (κ2) is 5.71. The van der Waals surface area contributed by atoms with Crippen molar-refractivity contribution >= 4 is 11.5 Å². The van der Waals surface area contributed by atoms with Gasteiger partial charge >= 0.3 is 5.69 Å². The molecule has 0 aliphatic heterocycles. The first-order valence-corrected chi connectivity index (χ1v) is 5.30. The Balaban J connectivity index is 2.95. The van der Waals surface area contributed by atoms with Gasteiger partial charge in [0.1, 0.15) is 11.8 Å². The first kappa shape index (κ1) is 14.3. The molecule has 0 aromatic carbocycles. The van der Waals surface area contributed by atoms with E-state index in [1.165, 1.54) is 11.6 Å². The number of nitrogens with one attached hydrogen (secondary N) is 1. The molecule has 2 N–H and O–H groups in total. The van der Waals surface area contributed by atoms with Crippen LogP contribution in [0.5, 0.6) is 0 Å². The molecule has 102 valence electrons. The molecule has 1 heterocycles. The molecule has 18 heavy (non-hydrogen) atoms. The van der Waals surface area contributed by atoms with Crippen LogP contribution < -0.4 is 5.32 Å². The number of aliphatic hydroxyl groups is 1. The molecule has 9 heteroatoms. The minimum atomic E-state index is -2.91. The number of hydrogen-bond donors (Lipinski definition) is 2. The fourth-order valence-electron chi connectivity index (χ4n) is 1.48. The number of aryl methyl sites for hydroxylation is 2. The van der Waals surface area contributed by atoms with Crippen molar-refractivity contribution < 1.29 is 18.8 Å². The smallest absolute Gasteiger partial charge is 0.333 e. The van der Waals surface area contributed by atoms with E-state index in [2.05, 4.69) is 10.4 Å². The van der Waals surface area contributed by atoms with Crippen LogP contribution in [0.2, 0.25) is 0 Å². The van der Waals surface area contributed by atoms with Crippen molar-refractivity contribution in [1.82, 2.24) is 9.78 Å². The molecule has 1 unspecified atom stereocenters. The summed E-state index contributed by atoms with van der Waals surface area (Å²) < 4.78 is 25.6. The van der Waals surface area contributed by atoms with Gasteiger partial charge in [0, 0.05) is 13.1 Å². The molecule has 0 saturated carbocycles. The highest BCUT2D eigenvalue weighted by Gasteiger charge is 2.26. The summed E-state index contributed by atoms with van der Waals surface area (Å²) in [6, 6.07) is 0. The third kappa shape index (κ3) is 2.92. The number of nitro groups is 1. The number of nitrogens with zero attached hydrogens (tertiary/aromatic N) is 3. The Kier molecular flexibility index (Phi) is 4.54. The Bertz CT molecular complexity index is 436. The van der Waals surface area contributed by atoms with Gasteiger partial charge in [0.05, 0.1) is 4.92 Å². The predicted molar refractivity (Wildman–Crippen MR) is 59.8 cm³/mol. The summed E-state index contributed by atoms with van der Waals surface area (Å²) in [5.41, 5.74) is -0.0748. The summed E-state index contributed by atoms with van der Waals surface area (Å²) in [7, 11) is 0. The monoisotopic (exact) mass is 264 g/mol. The maximum atomic E-state index is 12.1. The molecule has 0 aliphatic carbocycles. The van der Waals surface area contributed by atoms with Gasteiger partial charge in [-0.25, -0.2) is 13.5 Å². The number of halogens is 2. The highest BCUT2D eigenvalue weighted by molar-refractivity contribution is 5.59. The summed E-state index contributed by atoms with van der Waals surface area (Å²) in [6.45, 7) is 3.04. The summed E-state index contributed by atoms with van der Waals surface area (Å²) in [5.74, 6) is 0.0275. The van der Waals surface area contributed by atoms with E-state index in [0.29, 0.717) is 6.54 Å². The highest BCUT2D eigenvalue weighted by atomic mass is 19.3. The topological polar surface area (TPSA) is 93.2 Å². The lowest BCUT2D eigenvalue weighted by atomic mass is 10.3. The summed E-state index contributed by atoms with van der Waals surface area (Å²) in [4.78, 5) is 10.2. The van der Waals surface area contributed by atoms with E-state index in [9.17, 15) is 18.9 Å². The third-order valence-electron chi connectivity index (χ3n) is 2.35. The molecule has 0 spiro atoms. The van der Waals surface area contributed by atoms with E-state index in [1.54, 1.807) is 6.92 Å². The Labute approximate surface area is 102 Å². The van der Waals surface area contributed by atoms with Crippen LogP contribution in [-0.2, 0) is 6.54 Å². The van der Waals surface area contributed by atoms with Gasteiger partial charge < -0.3 is 10.4 Å². The van der Waals surface area contributed by atoms with Crippen molar-refractivity contribution in [1.29, 1.82) is 0 Å². The van der Waals surface area contributed by atoms with Gasteiger partial charge in [-0.3, -0.25) is 10.1 Å². The van der Waals surface area contributed by atoms with Gasteiger partial charge in [-0.05, 0) is 13.8 Å². The maximum Gasteiger partial charge on any atom is 0.333 e.